The van der Waals surface area contributed by atoms with Crippen molar-refractivity contribution in [2.75, 3.05) is 14.7 Å². The van der Waals surface area contributed by atoms with Crippen LogP contribution in [0.2, 0.25) is 0 Å². The van der Waals surface area contributed by atoms with Gasteiger partial charge >= 0.3 is 0 Å². The summed E-state index contributed by atoms with van der Waals surface area (Å²) in [5.74, 6) is 1.71. The molecule has 6 bridgehead atoms. The van der Waals surface area contributed by atoms with Crippen molar-refractivity contribution in [2.24, 2.45) is 0 Å². The molecule has 5 aliphatic heterocycles. The monoisotopic (exact) mass is 1730 g/mol. The second-order valence-corrected chi connectivity index (χ2v) is 43.7. The fourth-order valence-electron chi connectivity index (χ4n) is 25.5. The molecule has 18 aromatic rings. The smallest absolute Gasteiger partial charge is 0.256 e. The summed E-state index contributed by atoms with van der Waals surface area (Å²) in [6.07, 6.45) is 0. The molecule has 0 aromatic heterocycles. The Bertz CT molecular complexity index is 7980. The largest absolute Gasteiger partial charge is 0.458 e. The normalized spacial score (nSPS) is 15.1. The zero-order valence-electron chi connectivity index (χ0n) is 79.3. The van der Waals surface area contributed by atoms with Gasteiger partial charge in [-0.05, 0) is 272 Å². The summed E-state index contributed by atoms with van der Waals surface area (Å²) in [4.78, 5) is 8.33. The van der Waals surface area contributed by atoms with E-state index in [2.05, 4.69) is 494 Å². The molecule has 4 nitrogen and oxygen atoms in total. The Hall–Kier alpha value is -14.7. The van der Waals surface area contributed by atoms with E-state index in [9.17, 15) is 0 Å². The summed E-state index contributed by atoms with van der Waals surface area (Å²) in [5, 5.41) is 0. The SMILES string of the molecule is CC(C)(C)c1cc(N2c3ccccc3B3c4cc5c6cc4N(c4cc(-c7cccc8c7C7(c9ccccc9-c9ccccc97)c7ccccc7-8)cc2c43)c2c(-c3ccccc3)cc(C(C)(C)C)c(c2-c2ccccc2)C(C)(C)c2cc(cc(C(C)(C)C)c2)N6c2cc(-c3cccc4c3C(c3ccccc3)(c3ccccc3)c3ccccc3-4)cc3c2B5c2ccccc2O3)cc(C(C)(C)C)c1. The molecule has 6 heteroatoms. The van der Waals surface area contributed by atoms with Crippen LogP contribution in [-0.4, -0.2) is 13.4 Å². The molecule has 0 N–H and O–H groups in total. The average Bonchev–Trinajstić information content (AvgIpc) is 1.50. The molecular weight excluding hydrogens is 1630 g/mol. The predicted molar refractivity (Wildman–Crippen MR) is 569 cm³/mol. The Morgan fingerprint density at radius 2 is 0.652 bits per heavy atom. The molecule has 0 saturated heterocycles. The molecule has 648 valence electrons. The number of benzene rings is 18. The lowest BCUT2D eigenvalue weighted by atomic mass is 9.30. The van der Waals surface area contributed by atoms with Gasteiger partial charge in [-0.15, -0.1) is 0 Å². The predicted octanol–water partition coefficient (Wildman–Crippen LogP) is 29.4. The maximum absolute atomic E-state index is 7.87. The summed E-state index contributed by atoms with van der Waals surface area (Å²) < 4.78 is 7.87. The van der Waals surface area contributed by atoms with E-state index >= 15 is 0 Å². The van der Waals surface area contributed by atoms with Gasteiger partial charge in [0.2, 0.25) is 0 Å². The van der Waals surface area contributed by atoms with Crippen molar-refractivity contribution >= 4 is 97.4 Å². The molecule has 3 aliphatic carbocycles. The lowest BCUT2D eigenvalue weighted by Gasteiger charge is -2.48. The number of hydrogen-bond donors (Lipinski definition) is 0. The number of hydrogen-bond acceptors (Lipinski definition) is 4. The Balaban J connectivity index is 0.858. The third kappa shape index (κ3) is 11.4. The van der Waals surface area contributed by atoms with Gasteiger partial charge in [0.05, 0.1) is 16.5 Å². The van der Waals surface area contributed by atoms with Crippen LogP contribution >= 0.6 is 0 Å². The maximum Gasteiger partial charge on any atom is 0.256 e. The van der Waals surface area contributed by atoms with Crippen molar-refractivity contribution in [3.63, 3.8) is 0 Å². The first kappa shape index (κ1) is 81.1. The molecule has 0 radical (unpaired) electrons. The Morgan fingerprint density at radius 3 is 1.20 bits per heavy atom. The molecular formula is C129H105B2N3O. The third-order valence-corrected chi connectivity index (χ3v) is 31.7. The highest BCUT2D eigenvalue weighted by Crippen LogP contribution is 2.67. The molecule has 18 aromatic carbocycles. The first-order valence-corrected chi connectivity index (χ1v) is 48.5. The van der Waals surface area contributed by atoms with Crippen molar-refractivity contribution < 1.29 is 4.74 Å². The van der Waals surface area contributed by atoms with Crippen LogP contribution in [-0.2, 0) is 37.9 Å². The Morgan fingerprint density at radius 1 is 0.244 bits per heavy atom. The van der Waals surface area contributed by atoms with E-state index in [1.807, 2.05) is 0 Å². The number of ether oxygens (including phenoxy) is 1. The van der Waals surface area contributed by atoms with Gasteiger partial charge in [-0.1, -0.05) is 406 Å². The molecule has 0 unspecified atom stereocenters. The van der Waals surface area contributed by atoms with Crippen LogP contribution in [0.15, 0.2) is 382 Å². The number of rotatable bonds is 7. The second-order valence-electron chi connectivity index (χ2n) is 43.7. The van der Waals surface area contributed by atoms with Crippen molar-refractivity contribution in [2.45, 2.75) is 135 Å². The van der Waals surface area contributed by atoms with Gasteiger partial charge in [0, 0.05) is 62.0 Å². The molecule has 0 fully saturated rings. The summed E-state index contributed by atoms with van der Waals surface area (Å²) in [6, 6.07) is 150. The van der Waals surface area contributed by atoms with Crippen LogP contribution < -0.4 is 52.2 Å². The van der Waals surface area contributed by atoms with Crippen LogP contribution in [0, 0.1) is 0 Å². The average molecular weight is 1730 g/mol. The van der Waals surface area contributed by atoms with Gasteiger partial charge in [-0.3, -0.25) is 0 Å². The van der Waals surface area contributed by atoms with Gasteiger partial charge in [-0.25, -0.2) is 0 Å². The van der Waals surface area contributed by atoms with Gasteiger partial charge in [0.15, 0.2) is 0 Å². The molecule has 5 heterocycles. The first-order chi connectivity index (χ1) is 65.3. The third-order valence-electron chi connectivity index (χ3n) is 31.7. The van der Waals surface area contributed by atoms with Crippen LogP contribution in [0.25, 0.3) is 77.9 Å². The summed E-state index contributed by atoms with van der Waals surface area (Å²) in [5.41, 5.74) is 48.8. The zero-order chi connectivity index (χ0) is 91.6. The van der Waals surface area contributed by atoms with Crippen LogP contribution in [0.4, 0.5) is 51.2 Å². The second kappa shape index (κ2) is 28.7. The lowest BCUT2D eigenvalue weighted by Crippen LogP contribution is -2.64. The molecule has 0 amide bonds. The molecule has 8 aliphatic rings. The molecule has 0 atom stereocenters. The van der Waals surface area contributed by atoms with Crippen molar-refractivity contribution in [3.05, 3.63) is 460 Å². The highest BCUT2D eigenvalue weighted by Gasteiger charge is 2.56. The summed E-state index contributed by atoms with van der Waals surface area (Å²) in [6.45, 7) is 33.5. The minimum Gasteiger partial charge on any atom is -0.458 e. The highest BCUT2D eigenvalue weighted by atomic mass is 16.5. The van der Waals surface area contributed by atoms with Crippen molar-refractivity contribution in [1.82, 2.24) is 0 Å². The molecule has 135 heavy (non-hydrogen) atoms. The van der Waals surface area contributed by atoms with Crippen LogP contribution in [0.1, 0.15) is 175 Å². The number of para-hydroxylation sites is 2. The maximum atomic E-state index is 7.87. The molecule has 0 saturated carbocycles. The summed E-state index contributed by atoms with van der Waals surface area (Å²) >= 11 is 0. The first-order valence-electron chi connectivity index (χ1n) is 48.5. The van der Waals surface area contributed by atoms with Crippen molar-refractivity contribution in [3.8, 4) is 89.4 Å². The molecule has 26 rings (SSSR count). The van der Waals surface area contributed by atoms with E-state index in [4.69, 9.17) is 4.74 Å². The minimum absolute atomic E-state index is 0.211. The number of anilines is 9. The Labute approximate surface area is 795 Å². The van der Waals surface area contributed by atoms with Crippen LogP contribution in [0.5, 0.6) is 11.5 Å². The van der Waals surface area contributed by atoms with Gasteiger partial charge < -0.3 is 19.4 Å². The number of fused-ring (bicyclic) bond motifs is 27. The van der Waals surface area contributed by atoms with Gasteiger partial charge in [-0.2, -0.15) is 0 Å². The summed E-state index contributed by atoms with van der Waals surface area (Å²) in [7, 11) is 0. The van der Waals surface area contributed by atoms with E-state index in [-0.39, 0.29) is 29.7 Å². The Kier molecular flexibility index (Phi) is 17.2. The number of nitrogens with zero attached hydrogens (tertiary/aromatic N) is 3. The minimum atomic E-state index is -0.730. The fraction of sp³-hybridized carbons (Fsp3) is 0.163. The van der Waals surface area contributed by atoms with E-state index in [1.165, 1.54) is 144 Å². The van der Waals surface area contributed by atoms with Crippen LogP contribution in [0.3, 0.4) is 0 Å². The molecule has 1 spiro atoms. The highest BCUT2D eigenvalue weighted by molar-refractivity contribution is 7.02. The quantitative estimate of drug-likeness (QED) is 0.148. The van der Waals surface area contributed by atoms with E-state index < -0.39 is 21.7 Å². The van der Waals surface area contributed by atoms with Crippen molar-refractivity contribution in [1.29, 1.82) is 0 Å². The zero-order valence-corrected chi connectivity index (χ0v) is 79.3. The van der Waals surface area contributed by atoms with E-state index in [0.717, 1.165) is 107 Å². The lowest BCUT2D eigenvalue weighted by molar-refractivity contribution is 0.487. The topological polar surface area (TPSA) is 19.0 Å². The standard InChI is InChI=1S/C129H105B2N3O/c1-123(2,3)84-69-85(124(4,5)6)72-88(71-84)132-108-63-37-35-61-104(108)130-107-76-106-109-77-110(107)134(112-66-80(65-111(132)120(112)130)90-53-39-56-97-95-52-30-34-60-102(95)129(118(90)97)100-58-32-27-49-92(100)93-50-28-33-59-101(93)129)122-98(78-41-19-15-20-42-78)75-103(126(10,11)12)119(116(122)79-43-21-16-22-44-79)127(13,14)87-70-86(125(7,8)9)73-89(74-87)133(109)113-67-81(68-115-121(113)131(106)105-62-36-38-64-114(105)135-115)91-54-40-55-96-94-51-29-31-57-99(94)128(117(91)96,82-45-23-17-24-46-82)83-47-25-18-26-48-83/h15-77H,1-14H3. The van der Waals surface area contributed by atoms with Gasteiger partial charge in [0.25, 0.3) is 13.4 Å². The van der Waals surface area contributed by atoms with E-state index in [0.29, 0.717) is 0 Å². The fourth-order valence-corrected chi connectivity index (χ4v) is 25.5. The van der Waals surface area contributed by atoms with Gasteiger partial charge in [0.1, 0.15) is 11.5 Å². The van der Waals surface area contributed by atoms with E-state index in [1.54, 1.807) is 0 Å².